The maximum absolute atomic E-state index is 12.2. The number of carbonyl (C=O) groups excluding carboxylic acids is 1. The first-order valence-corrected chi connectivity index (χ1v) is 9.40. The molecule has 1 aliphatic carbocycles. The van der Waals surface area contributed by atoms with E-state index in [1.165, 1.54) is 25.8 Å². The van der Waals surface area contributed by atoms with Crippen molar-refractivity contribution in [1.29, 1.82) is 0 Å². The van der Waals surface area contributed by atoms with Gasteiger partial charge in [0, 0.05) is 49.9 Å². The van der Waals surface area contributed by atoms with Gasteiger partial charge in [-0.3, -0.25) is 9.69 Å². The van der Waals surface area contributed by atoms with Crippen LogP contribution >= 0.6 is 0 Å². The second-order valence-corrected chi connectivity index (χ2v) is 7.35. The second kappa shape index (κ2) is 7.50. The number of hydrogen-bond donors (Lipinski definition) is 1. The molecule has 2 aliphatic rings. The molecule has 0 radical (unpaired) electrons. The topological polar surface area (TPSA) is 59.4 Å². The van der Waals surface area contributed by atoms with E-state index in [4.69, 9.17) is 4.74 Å². The van der Waals surface area contributed by atoms with Gasteiger partial charge in [-0.1, -0.05) is 6.07 Å². The highest BCUT2D eigenvalue weighted by atomic mass is 16.5. The number of benzene rings is 1. The molecule has 1 aromatic carbocycles. The fourth-order valence-electron chi connectivity index (χ4n) is 4.18. The minimum absolute atomic E-state index is 0.113. The van der Waals surface area contributed by atoms with E-state index in [2.05, 4.69) is 15.3 Å². The number of hydrogen-bond acceptors (Lipinski definition) is 4. The summed E-state index contributed by atoms with van der Waals surface area (Å²) in [6.07, 6.45) is 8.34. The number of nitrogens with one attached hydrogen (secondary N) is 1. The summed E-state index contributed by atoms with van der Waals surface area (Å²) in [4.78, 5) is 14.7. The number of likely N-dealkylation sites (tertiary alicyclic amines) is 1. The number of fused-ring (bicyclic) bond motifs is 2. The predicted molar refractivity (Wildman–Crippen MR) is 99.3 cm³/mol. The summed E-state index contributed by atoms with van der Waals surface area (Å²) in [7, 11) is 1.65. The molecule has 4 rings (SSSR count). The van der Waals surface area contributed by atoms with E-state index in [-0.39, 0.29) is 5.91 Å². The summed E-state index contributed by atoms with van der Waals surface area (Å²) in [5.41, 5.74) is 1.92. The highest BCUT2D eigenvalue weighted by Gasteiger charge is 2.37. The Hall–Kier alpha value is -2.34. The van der Waals surface area contributed by atoms with Crippen LogP contribution in [0.1, 0.15) is 31.2 Å². The number of amides is 1. The van der Waals surface area contributed by atoms with Crippen molar-refractivity contribution >= 4 is 5.91 Å². The van der Waals surface area contributed by atoms with E-state index >= 15 is 0 Å². The largest absolute Gasteiger partial charge is 0.497 e. The number of piperidine rings is 1. The van der Waals surface area contributed by atoms with E-state index in [1.807, 2.05) is 30.5 Å². The van der Waals surface area contributed by atoms with E-state index in [0.29, 0.717) is 13.0 Å². The van der Waals surface area contributed by atoms with Crippen LogP contribution in [0.25, 0.3) is 5.69 Å². The lowest BCUT2D eigenvalue weighted by Gasteiger charge is -2.26. The van der Waals surface area contributed by atoms with Gasteiger partial charge in [0.1, 0.15) is 5.75 Å². The number of rotatable bonds is 7. The summed E-state index contributed by atoms with van der Waals surface area (Å²) in [5.74, 6) is 1.79. The predicted octanol–water partition coefficient (Wildman–Crippen LogP) is 2.37. The van der Waals surface area contributed by atoms with Crippen LogP contribution in [0.5, 0.6) is 5.75 Å². The third kappa shape index (κ3) is 3.75. The Bertz CT molecular complexity index is 773. The molecule has 1 N–H and O–H groups in total. The van der Waals surface area contributed by atoms with Gasteiger partial charge in [-0.25, -0.2) is 4.68 Å². The summed E-state index contributed by atoms with van der Waals surface area (Å²) in [6, 6.07) is 8.47. The van der Waals surface area contributed by atoms with Crippen LogP contribution in [-0.4, -0.2) is 46.8 Å². The van der Waals surface area contributed by atoms with Crippen LogP contribution in [0.15, 0.2) is 36.7 Å². The van der Waals surface area contributed by atoms with Gasteiger partial charge < -0.3 is 10.1 Å². The molecule has 2 heterocycles. The number of carbonyl (C=O) groups is 1. The molecule has 0 unspecified atom stereocenters. The Balaban J connectivity index is 1.25. The quantitative estimate of drug-likeness (QED) is 0.829. The van der Waals surface area contributed by atoms with E-state index in [0.717, 1.165) is 35.5 Å². The van der Waals surface area contributed by atoms with Crippen LogP contribution in [0.2, 0.25) is 0 Å². The van der Waals surface area contributed by atoms with Crippen LogP contribution in [0.4, 0.5) is 0 Å². The Kier molecular flexibility index (Phi) is 4.93. The van der Waals surface area contributed by atoms with Gasteiger partial charge in [0.15, 0.2) is 0 Å². The Morgan fingerprint density at radius 1 is 1.38 bits per heavy atom. The molecule has 2 fully saturated rings. The van der Waals surface area contributed by atoms with Crippen molar-refractivity contribution in [2.24, 2.45) is 5.92 Å². The van der Waals surface area contributed by atoms with Crippen molar-refractivity contribution in [2.75, 3.05) is 20.2 Å². The standard InChI is InChI=1S/C20H26N4O2/c1-26-19-4-2-3-18(10-19)24-14-16(12-22-24)11-21-20(25)7-8-23-13-15-5-6-17(23)9-15/h2-4,10,12,14-15,17H,5-9,11,13H2,1H3,(H,21,25)/t15-,17+/m1/s1. The molecule has 1 aromatic heterocycles. The lowest BCUT2D eigenvalue weighted by Crippen LogP contribution is -2.35. The molecule has 2 aromatic rings. The first-order valence-electron chi connectivity index (χ1n) is 9.40. The van der Waals surface area contributed by atoms with Crippen molar-refractivity contribution in [3.63, 3.8) is 0 Å². The van der Waals surface area contributed by atoms with Gasteiger partial charge in [-0.2, -0.15) is 5.10 Å². The molecule has 2 bridgehead atoms. The highest BCUT2D eigenvalue weighted by molar-refractivity contribution is 5.76. The maximum atomic E-state index is 12.2. The highest BCUT2D eigenvalue weighted by Crippen LogP contribution is 2.37. The van der Waals surface area contributed by atoms with Crippen molar-refractivity contribution in [1.82, 2.24) is 20.0 Å². The molecule has 138 valence electrons. The Labute approximate surface area is 154 Å². The van der Waals surface area contributed by atoms with Crippen molar-refractivity contribution in [3.8, 4) is 11.4 Å². The molecular weight excluding hydrogens is 328 g/mol. The molecule has 1 saturated heterocycles. The van der Waals surface area contributed by atoms with Gasteiger partial charge in [-0.15, -0.1) is 0 Å². The maximum Gasteiger partial charge on any atom is 0.221 e. The van der Waals surface area contributed by atoms with Crippen molar-refractivity contribution in [3.05, 3.63) is 42.2 Å². The smallest absolute Gasteiger partial charge is 0.221 e. The zero-order chi connectivity index (χ0) is 17.9. The Morgan fingerprint density at radius 2 is 2.31 bits per heavy atom. The molecule has 1 amide bonds. The average molecular weight is 354 g/mol. The third-order valence-corrected chi connectivity index (χ3v) is 5.59. The van der Waals surface area contributed by atoms with Crippen LogP contribution < -0.4 is 10.1 Å². The zero-order valence-electron chi connectivity index (χ0n) is 15.2. The zero-order valence-corrected chi connectivity index (χ0v) is 15.2. The molecule has 6 heteroatoms. The molecular formula is C20H26N4O2. The SMILES string of the molecule is COc1cccc(-n2cc(CNC(=O)CCN3C[C@@H]4CC[C@H]3C4)cn2)c1. The minimum Gasteiger partial charge on any atom is -0.497 e. The number of aromatic nitrogens is 2. The summed E-state index contributed by atoms with van der Waals surface area (Å²) in [5, 5.41) is 7.39. The number of methoxy groups -OCH3 is 1. The van der Waals surface area contributed by atoms with Crippen molar-refractivity contribution < 1.29 is 9.53 Å². The number of nitrogens with zero attached hydrogens (tertiary/aromatic N) is 3. The summed E-state index contributed by atoms with van der Waals surface area (Å²) >= 11 is 0. The van der Waals surface area contributed by atoms with E-state index in [1.54, 1.807) is 18.0 Å². The fraction of sp³-hybridized carbons (Fsp3) is 0.500. The Morgan fingerprint density at radius 3 is 3.08 bits per heavy atom. The van der Waals surface area contributed by atoms with E-state index in [9.17, 15) is 4.79 Å². The monoisotopic (exact) mass is 354 g/mol. The third-order valence-electron chi connectivity index (χ3n) is 5.59. The van der Waals surface area contributed by atoms with Crippen LogP contribution in [0, 0.1) is 5.92 Å². The lowest BCUT2D eigenvalue weighted by atomic mass is 10.1. The van der Waals surface area contributed by atoms with Crippen molar-refractivity contribution in [2.45, 2.75) is 38.3 Å². The summed E-state index contributed by atoms with van der Waals surface area (Å²) < 4.78 is 7.04. The molecule has 1 aliphatic heterocycles. The minimum atomic E-state index is 0.113. The second-order valence-electron chi connectivity index (χ2n) is 7.35. The van der Waals surface area contributed by atoms with Gasteiger partial charge in [0.25, 0.3) is 0 Å². The summed E-state index contributed by atoms with van der Waals surface area (Å²) in [6.45, 7) is 2.58. The van der Waals surface area contributed by atoms with Crippen LogP contribution in [-0.2, 0) is 11.3 Å². The first-order chi connectivity index (χ1) is 12.7. The van der Waals surface area contributed by atoms with E-state index < -0.39 is 0 Å². The van der Waals surface area contributed by atoms with Gasteiger partial charge in [0.2, 0.25) is 5.91 Å². The van der Waals surface area contributed by atoms with Crippen LogP contribution in [0.3, 0.4) is 0 Å². The molecule has 6 nitrogen and oxygen atoms in total. The molecule has 1 saturated carbocycles. The van der Waals surface area contributed by atoms with Gasteiger partial charge in [0.05, 0.1) is 19.0 Å². The average Bonchev–Trinajstić information content (AvgIpc) is 3.41. The number of ether oxygens (including phenoxy) is 1. The molecule has 2 atom stereocenters. The normalized spacial score (nSPS) is 21.9. The fourth-order valence-corrected chi connectivity index (χ4v) is 4.18. The molecule has 26 heavy (non-hydrogen) atoms. The molecule has 0 spiro atoms. The van der Waals surface area contributed by atoms with Gasteiger partial charge >= 0.3 is 0 Å². The van der Waals surface area contributed by atoms with Gasteiger partial charge in [-0.05, 0) is 37.3 Å². The first kappa shape index (κ1) is 17.1. The lowest BCUT2D eigenvalue weighted by molar-refractivity contribution is -0.121.